The first-order valence-corrected chi connectivity index (χ1v) is 12.1. The molecule has 0 amide bonds. The van der Waals surface area contributed by atoms with Gasteiger partial charge in [-0.2, -0.15) is 0 Å². The maximum Gasteiger partial charge on any atom is 0.195 e. The Labute approximate surface area is 212 Å². The SMILES string of the molecule is Cc1cc(C)c(C(=O)c2cccc(C(=O)c3ccccc3)c2C(=O)c2c(C)cc(C)cc2C)c(C)c1. The average Bonchev–Trinajstić information content (AvgIpc) is 2.82. The van der Waals surface area contributed by atoms with Crippen molar-refractivity contribution in [3.05, 3.63) is 140 Å². The summed E-state index contributed by atoms with van der Waals surface area (Å²) in [6.45, 7) is 11.6. The lowest BCUT2D eigenvalue weighted by Crippen LogP contribution is -2.19. The van der Waals surface area contributed by atoms with Crippen molar-refractivity contribution in [2.24, 2.45) is 0 Å². The Morgan fingerprint density at radius 2 is 0.861 bits per heavy atom. The third-order valence-electron chi connectivity index (χ3n) is 6.62. The second kappa shape index (κ2) is 9.87. The molecule has 0 fully saturated rings. The molecular formula is C33H30O3. The van der Waals surface area contributed by atoms with Crippen LogP contribution in [0.2, 0.25) is 0 Å². The Morgan fingerprint density at radius 3 is 1.33 bits per heavy atom. The Hall–Kier alpha value is -4.11. The zero-order valence-corrected chi connectivity index (χ0v) is 21.7. The van der Waals surface area contributed by atoms with Gasteiger partial charge < -0.3 is 0 Å². The molecule has 0 aliphatic rings. The van der Waals surface area contributed by atoms with Crippen molar-refractivity contribution in [2.45, 2.75) is 41.5 Å². The highest BCUT2D eigenvalue weighted by atomic mass is 16.1. The molecule has 0 aliphatic carbocycles. The fourth-order valence-electron chi connectivity index (χ4n) is 5.26. The van der Waals surface area contributed by atoms with Gasteiger partial charge in [0.05, 0.1) is 0 Å². The van der Waals surface area contributed by atoms with Gasteiger partial charge in [0.1, 0.15) is 0 Å². The minimum Gasteiger partial charge on any atom is -0.289 e. The van der Waals surface area contributed by atoms with Crippen LogP contribution in [0.3, 0.4) is 0 Å². The zero-order valence-electron chi connectivity index (χ0n) is 21.7. The van der Waals surface area contributed by atoms with Gasteiger partial charge in [-0.25, -0.2) is 0 Å². The molecule has 4 rings (SSSR count). The summed E-state index contributed by atoms with van der Waals surface area (Å²) in [5.74, 6) is -0.845. The lowest BCUT2D eigenvalue weighted by molar-refractivity contribution is 0.0990. The standard InChI is InChI=1S/C33H30O3/c1-19-15-21(3)28(22(4)16-19)32(35)27-14-10-13-26(31(34)25-11-8-7-9-12-25)30(27)33(36)29-23(5)17-20(2)18-24(29)6/h7-18H,1-6H3. The second-order valence-corrected chi connectivity index (χ2v) is 9.63. The molecule has 0 aliphatic heterocycles. The first-order valence-electron chi connectivity index (χ1n) is 12.1. The average molecular weight is 475 g/mol. The summed E-state index contributed by atoms with van der Waals surface area (Å²) in [6, 6.07) is 21.7. The number of carbonyl (C=O) groups is 3. The molecule has 0 spiro atoms. The van der Waals surface area contributed by atoms with Crippen LogP contribution < -0.4 is 0 Å². The zero-order chi connectivity index (χ0) is 26.1. The minimum atomic E-state index is -0.310. The number of ketones is 3. The van der Waals surface area contributed by atoms with Crippen molar-refractivity contribution >= 4 is 17.3 Å². The van der Waals surface area contributed by atoms with Crippen LogP contribution in [-0.2, 0) is 0 Å². The Kier molecular flexibility index (Phi) is 6.85. The summed E-state index contributed by atoms with van der Waals surface area (Å²) in [6.07, 6.45) is 0. The molecule has 4 aromatic rings. The van der Waals surface area contributed by atoms with Gasteiger partial charge in [0.15, 0.2) is 17.3 Å². The van der Waals surface area contributed by atoms with Gasteiger partial charge in [-0.15, -0.1) is 0 Å². The normalized spacial score (nSPS) is 10.8. The van der Waals surface area contributed by atoms with E-state index in [1.54, 1.807) is 42.5 Å². The van der Waals surface area contributed by atoms with Gasteiger partial charge in [0.25, 0.3) is 0 Å². The van der Waals surface area contributed by atoms with Gasteiger partial charge in [-0.3, -0.25) is 14.4 Å². The Balaban J connectivity index is 2.01. The molecule has 0 saturated heterocycles. The molecule has 0 radical (unpaired) electrons. The molecule has 180 valence electrons. The van der Waals surface area contributed by atoms with Crippen LogP contribution in [0.4, 0.5) is 0 Å². The van der Waals surface area contributed by atoms with Crippen molar-refractivity contribution in [1.29, 1.82) is 0 Å². The number of hydrogen-bond donors (Lipinski definition) is 0. The summed E-state index contributed by atoms with van der Waals surface area (Å²) in [7, 11) is 0. The van der Waals surface area contributed by atoms with E-state index in [2.05, 4.69) is 0 Å². The maximum atomic E-state index is 14.2. The monoisotopic (exact) mass is 474 g/mol. The van der Waals surface area contributed by atoms with E-state index in [0.29, 0.717) is 16.7 Å². The topological polar surface area (TPSA) is 51.2 Å². The van der Waals surface area contributed by atoms with E-state index in [9.17, 15) is 14.4 Å². The van der Waals surface area contributed by atoms with E-state index in [4.69, 9.17) is 0 Å². The molecular weight excluding hydrogens is 444 g/mol. The second-order valence-electron chi connectivity index (χ2n) is 9.63. The lowest BCUT2D eigenvalue weighted by Gasteiger charge is -2.18. The summed E-state index contributed by atoms with van der Waals surface area (Å²) >= 11 is 0. The largest absolute Gasteiger partial charge is 0.289 e. The number of hydrogen-bond acceptors (Lipinski definition) is 3. The van der Waals surface area contributed by atoms with Crippen LogP contribution >= 0.6 is 0 Å². The lowest BCUT2D eigenvalue weighted by atomic mass is 9.83. The predicted molar refractivity (Wildman–Crippen MR) is 144 cm³/mol. The predicted octanol–water partition coefficient (Wildman–Crippen LogP) is 7.23. The van der Waals surface area contributed by atoms with E-state index in [-0.39, 0.29) is 34.0 Å². The van der Waals surface area contributed by atoms with E-state index in [1.807, 2.05) is 71.9 Å². The number of aryl methyl sites for hydroxylation is 6. The highest BCUT2D eigenvalue weighted by Gasteiger charge is 2.29. The van der Waals surface area contributed by atoms with Crippen LogP contribution in [0.25, 0.3) is 0 Å². The third kappa shape index (κ3) is 4.57. The minimum absolute atomic E-state index is 0.158. The van der Waals surface area contributed by atoms with Gasteiger partial charge >= 0.3 is 0 Å². The van der Waals surface area contributed by atoms with Crippen LogP contribution in [0.5, 0.6) is 0 Å². The van der Waals surface area contributed by atoms with Crippen molar-refractivity contribution in [2.75, 3.05) is 0 Å². The highest BCUT2D eigenvalue weighted by Crippen LogP contribution is 2.29. The van der Waals surface area contributed by atoms with E-state index >= 15 is 0 Å². The molecule has 0 saturated carbocycles. The van der Waals surface area contributed by atoms with Crippen LogP contribution in [-0.4, -0.2) is 17.3 Å². The quantitative estimate of drug-likeness (QED) is 0.277. The van der Waals surface area contributed by atoms with Crippen molar-refractivity contribution < 1.29 is 14.4 Å². The molecule has 36 heavy (non-hydrogen) atoms. The van der Waals surface area contributed by atoms with Gasteiger partial charge in [0, 0.05) is 33.4 Å². The third-order valence-corrected chi connectivity index (χ3v) is 6.62. The Bertz CT molecular complexity index is 1480. The first kappa shape index (κ1) is 25.0. The van der Waals surface area contributed by atoms with Crippen molar-refractivity contribution in [3.63, 3.8) is 0 Å². The summed E-state index contributed by atoms with van der Waals surface area (Å²) in [5.41, 5.74) is 7.65. The Morgan fingerprint density at radius 1 is 0.444 bits per heavy atom. The highest BCUT2D eigenvalue weighted by molar-refractivity contribution is 6.26. The fourth-order valence-corrected chi connectivity index (χ4v) is 5.26. The van der Waals surface area contributed by atoms with Gasteiger partial charge in [-0.05, 0) is 63.8 Å². The molecule has 0 bridgehead atoms. The smallest absolute Gasteiger partial charge is 0.195 e. The van der Waals surface area contributed by atoms with E-state index in [1.165, 1.54) is 0 Å². The van der Waals surface area contributed by atoms with E-state index < -0.39 is 0 Å². The van der Waals surface area contributed by atoms with E-state index in [0.717, 1.165) is 33.4 Å². The molecule has 0 N–H and O–H groups in total. The number of benzene rings is 4. The summed E-state index contributed by atoms with van der Waals surface area (Å²) in [5, 5.41) is 0. The summed E-state index contributed by atoms with van der Waals surface area (Å²) in [4.78, 5) is 41.9. The van der Waals surface area contributed by atoms with Crippen LogP contribution in [0.1, 0.15) is 81.1 Å². The molecule has 0 aromatic heterocycles. The maximum absolute atomic E-state index is 14.2. The molecule has 3 nitrogen and oxygen atoms in total. The summed E-state index contributed by atoms with van der Waals surface area (Å²) < 4.78 is 0. The first-order chi connectivity index (χ1) is 17.1. The fraction of sp³-hybridized carbons (Fsp3) is 0.182. The molecule has 0 unspecified atom stereocenters. The molecule has 0 atom stereocenters. The molecule has 4 aromatic carbocycles. The van der Waals surface area contributed by atoms with Crippen LogP contribution in [0, 0.1) is 41.5 Å². The van der Waals surface area contributed by atoms with Gasteiger partial charge in [-0.1, -0.05) is 83.9 Å². The number of carbonyl (C=O) groups excluding carboxylic acids is 3. The van der Waals surface area contributed by atoms with Crippen molar-refractivity contribution in [1.82, 2.24) is 0 Å². The number of rotatable bonds is 6. The van der Waals surface area contributed by atoms with Gasteiger partial charge in [0.2, 0.25) is 0 Å². The van der Waals surface area contributed by atoms with Crippen LogP contribution in [0.15, 0.2) is 72.8 Å². The molecule has 3 heteroatoms. The molecule has 0 heterocycles. The van der Waals surface area contributed by atoms with Crippen molar-refractivity contribution in [3.8, 4) is 0 Å².